The maximum Gasteiger partial charge on any atom is 0.264 e. The van der Waals surface area contributed by atoms with E-state index in [2.05, 4.69) is 5.32 Å². The first-order chi connectivity index (χ1) is 17.6. The Morgan fingerprint density at radius 1 is 1.00 bits per heavy atom. The van der Waals surface area contributed by atoms with Gasteiger partial charge in [-0.05, 0) is 55.3 Å². The van der Waals surface area contributed by atoms with Crippen molar-refractivity contribution in [2.24, 2.45) is 0 Å². The molecular weight excluding hydrogens is 517 g/mol. The van der Waals surface area contributed by atoms with Crippen molar-refractivity contribution in [1.29, 1.82) is 0 Å². The number of nitrogens with one attached hydrogen (secondary N) is 1. The minimum absolute atomic E-state index is 0.00533. The van der Waals surface area contributed by atoms with Crippen LogP contribution in [0.4, 0.5) is 10.1 Å². The Balaban J connectivity index is 2.06. The number of halogens is 2. The first kappa shape index (κ1) is 28.1. The molecule has 1 N–H and O–H groups in total. The Morgan fingerprint density at radius 3 is 2.19 bits per heavy atom. The molecule has 0 fully saturated rings. The summed E-state index contributed by atoms with van der Waals surface area (Å²) in [5, 5.41) is 2.70. The molecule has 1 atom stereocenters. The van der Waals surface area contributed by atoms with Gasteiger partial charge in [-0.25, -0.2) is 12.8 Å². The number of hydrogen-bond donors (Lipinski definition) is 1. The summed E-state index contributed by atoms with van der Waals surface area (Å²) < 4.78 is 41.9. The number of aryl methyl sites for hydroxylation is 1. The predicted octanol–water partition coefficient (Wildman–Crippen LogP) is 4.54. The fourth-order valence-electron chi connectivity index (χ4n) is 3.88. The molecule has 0 saturated carbocycles. The van der Waals surface area contributed by atoms with E-state index in [1.165, 1.54) is 60.5 Å². The van der Waals surface area contributed by atoms with Crippen molar-refractivity contribution < 1.29 is 22.4 Å². The summed E-state index contributed by atoms with van der Waals surface area (Å²) in [6, 6.07) is 17.3. The average molecular weight is 546 g/mol. The molecule has 0 aliphatic carbocycles. The van der Waals surface area contributed by atoms with Crippen LogP contribution >= 0.6 is 11.6 Å². The van der Waals surface area contributed by atoms with E-state index < -0.39 is 40.2 Å². The summed E-state index contributed by atoms with van der Waals surface area (Å²) >= 11 is 6.38. The average Bonchev–Trinajstić information content (AvgIpc) is 2.88. The van der Waals surface area contributed by atoms with Crippen molar-refractivity contribution in [3.05, 3.63) is 94.8 Å². The normalized spacial score (nSPS) is 12.0. The largest absolute Gasteiger partial charge is 0.357 e. The minimum atomic E-state index is -4.21. The third-order valence-corrected chi connectivity index (χ3v) is 8.00. The molecule has 1 unspecified atom stereocenters. The number of sulfonamides is 1. The van der Waals surface area contributed by atoms with Gasteiger partial charge >= 0.3 is 0 Å². The minimum Gasteiger partial charge on any atom is -0.357 e. The van der Waals surface area contributed by atoms with E-state index in [1.807, 2.05) is 6.92 Å². The van der Waals surface area contributed by atoms with Crippen LogP contribution in [0, 0.1) is 12.7 Å². The van der Waals surface area contributed by atoms with E-state index in [0.717, 1.165) is 9.87 Å². The molecule has 7 nitrogen and oxygen atoms in total. The van der Waals surface area contributed by atoms with E-state index >= 15 is 0 Å². The SMILES string of the molecule is CCC(C(=O)NC)N(Cc1ccc(F)cc1)C(=O)CN(c1ccccc1Cl)S(=O)(=O)c1ccc(C)cc1. The lowest BCUT2D eigenvalue weighted by molar-refractivity contribution is -0.140. The second-order valence-electron chi connectivity index (χ2n) is 8.46. The van der Waals surface area contributed by atoms with Gasteiger partial charge in [-0.3, -0.25) is 13.9 Å². The lowest BCUT2D eigenvalue weighted by Crippen LogP contribution is -2.51. The van der Waals surface area contributed by atoms with Gasteiger partial charge in [-0.15, -0.1) is 0 Å². The third-order valence-electron chi connectivity index (χ3n) is 5.91. The van der Waals surface area contributed by atoms with Gasteiger partial charge in [0.25, 0.3) is 10.0 Å². The highest BCUT2D eigenvalue weighted by molar-refractivity contribution is 7.92. The van der Waals surface area contributed by atoms with Gasteiger partial charge in [0.05, 0.1) is 15.6 Å². The number of amides is 2. The predicted molar refractivity (Wildman–Crippen MR) is 142 cm³/mol. The van der Waals surface area contributed by atoms with Crippen molar-refractivity contribution in [2.45, 2.75) is 37.8 Å². The fourth-order valence-corrected chi connectivity index (χ4v) is 5.60. The van der Waals surface area contributed by atoms with Gasteiger partial charge in [-0.2, -0.15) is 0 Å². The van der Waals surface area contributed by atoms with Gasteiger partial charge in [0.15, 0.2) is 0 Å². The van der Waals surface area contributed by atoms with Crippen molar-refractivity contribution in [3.63, 3.8) is 0 Å². The number of para-hydroxylation sites is 1. The number of hydrogen-bond acceptors (Lipinski definition) is 4. The Labute approximate surface area is 221 Å². The molecule has 3 aromatic rings. The number of carbonyl (C=O) groups is 2. The highest BCUT2D eigenvalue weighted by Crippen LogP contribution is 2.31. The first-order valence-electron chi connectivity index (χ1n) is 11.7. The quantitative estimate of drug-likeness (QED) is 0.405. The molecule has 0 aliphatic heterocycles. The van der Waals surface area contributed by atoms with Crippen LogP contribution in [0.1, 0.15) is 24.5 Å². The van der Waals surface area contributed by atoms with Gasteiger partial charge in [0, 0.05) is 13.6 Å². The van der Waals surface area contributed by atoms with Crippen LogP contribution in [0.3, 0.4) is 0 Å². The van der Waals surface area contributed by atoms with E-state index in [1.54, 1.807) is 31.2 Å². The zero-order chi connectivity index (χ0) is 27.2. The highest BCUT2D eigenvalue weighted by Gasteiger charge is 2.34. The van der Waals surface area contributed by atoms with Gasteiger partial charge in [-0.1, -0.05) is 60.5 Å². The number of rotatable bonds is 10. The second kappa shape index (κ2) is 12.2. The highest BCUT2D eigenvalue weighted by atomic mass is 35.5. The molecule has 0 aliphatic rings. The van der Waals surface area contributed by atoms with Gasteiger partial charge < -0.3 is 10.2 Å². The van der Waals surface area contributed by atoms with E-state index in [-0.39, 0.29) is 28.6 Å². The maximum absolute atomic E-state index is 13.8. The summed E-state index contributed by atoms with van der Waals surface area (Å²) in [5.74, 6) is -1.45. The van der Waals surface area contributed by atoms with Crippen molar-refractivity contribution in [2.75, 3.05) is 17.9 Å². The number of anilines is 1. The Kier molecular flexibility index (Phi) is 9.29. The topological polar surface area (TPSA) is 86.8 Å². The molecular formula is C27H29ClFN3O4S. The molecule has 0 bridgehead atoms. The maximum atomic E-state index is 13.8. The summed E-state index contributed by atoms with van der Waals surface area (Å²) in [7, 11) is -2.75. The lowest BCUT2D eigenvalue weighted by atomic mass is 10.1. The smallest absolute Gasteiger partial charge is 0.264 e. The molecule has 196 valence electrons. The Morgan fingerprint density at radius 2 is 1.62 bits per heavy atom. The molecule has 0 spiro atoms. The fraction of sp³-hybridized carbons (Fsp3) is 0.259. The Hall–Kier alpha value is -3.43. The molecule has 37 heavy (non-hydrogen) atoms. The molecule has 3 aromatic carbocycles. The van der Waals surface area contributed by atoms with E-state index in [4.69, 9.17) is 11.6 Å². The summed E-state index contributed by atoms with van der Waals surface area (Å²) in [6.07, 6.45) is 0.281. The number of carbonyl (C=O) groups excluding carboxylic acids is 2. The molecule has 0 heterocycles. The van der Waals surface area contributed by atoms with E-state index in [9.17, 15) is 22.4 Å². The lowest BCUT2D eigenvalue weighted by Gasteiger charge is -2.33. The van der Waals surface area contributed by atoms with Crippen LogP contribution in [-0.4, -0.2) is 44.8 Å². The number of benzene rings is 3. The molecule has 2 amide bonds. The van der Waals surface area contributed by atoms with Crippen LogP contribution < -0.4 is 9.62 Å². The number of likely N-dealkylation sites (N-methyl/N-ethyl adjacent to an activating group) is 1. The van der Waals surface area contributed by atoms with Crippen molar-refractivity contribution >= 4 is 39.1 Å². The monoisotopic (exact) mass is 545 g/mol. The summed E-state index contributed by atoms with van der Waals surface area (Å²) in [5.41, 5.74) is 1.59. The first-order valence-corrected chi connectivity index (χ1v) is 13.5. The van der Waals surface area contributed by atoms with Gasteiger partial charge in [0.2, 0.25) is 11.8 Å². The zero-order valence-electron chi connectivity index (χ0n) is 20.8. The number of nitrogens with zero attached hydrogens (tertiary/aromatic N) is 2. The second-order valence-corrected chi connectivity index (χ2v) is 10.7. The van der Waals surface area contributed by atoms with Crippen molar-refractivity contribution in [1.82, 2.24) is 10.2 Å². The molecule has 0 aromatic heterocycles. The van der Waals surface area contributed by atoms with Crippen LogP contribution in [0.2, 0.25) is 5.02 Å². The third kappa shape index (κ3) is 6.67. The van der Waals surface area contributed by atoms with Crippen LogP contribution in [0.5, 0.6) is 0 Å². The van der Waals surface area contributed by atoms with Crippen LogP contribution in [-0.2, 0) is 26.2 Å². The molecule has 0 radical (unpaired) electrons. The van der Waals surface area contributed by atoms with E-state index in [0.29, 0.717) is 5.56 Å². The molecule has 3 rings (SSSR count). The zero-order valence-corrected chi connectivity index (χ0v) is 22.4. The molecule has 10 heteroatoms. The standard InChI is InChI=1S/C27H29ClFN3O4S/c1-4-24(27(34)30-3)31(17-20-11-13-21(29)14-12-20)26(33)18-32(25-8-6-5-7-23(25)28)37(35,36)22-15-9-19(2)10-16-22/h5-16,24H,4,17-18H2,1-3H3,(H,30,34). The van der Waals surface area contributed by atoms with Crippen LogP contribution in [0.15, 0.2) is 77.7 Å². The van der Waals surface area contributed by atoms with Crippen LogP contribution in [0.25, 0.3) is 0 Å². The summed E-state index contributed by atoms with van der Waals surface area (Å²) in [4.78, 5) is 27.8. The summed E-state index contributed by atoms with van der Waals surface area (Å²) in [6.45, 7) is 2.96. The molecule has 0 saturated heterocycles. The Bertz CT molecular complexity index is 1350. The van der Waals surface area contributed by atoms with Crippen molar-refractivity contribution in [3.8, 4) is 0 Å². The van der Waals surface area contributed by atoms with Gasteiger partial charge in [0.1, 0.15) is 18.4 Å².